The van der Waals surface area contributed by atoms with Crippen LogP contribution < -0.4 is 10.5 Å². The molecule has 0 radical (unpaired) electrons. The van der Waals surface area contributed by atoms with E-state index in [4.69, 9.17) is 10.5 Å². The van der Waals surface area contributed by atoms with E-state index in [0.29, 0.717) is 11.3 Å². The first-order valence-corrected chi connectivity index (χ1v) is 5.35. The molecular formula is C11H14F4N2O2. The Morgan fingerprint density at radius 2 is 2.05 bits per heavy atom. The quantitative estimate of drug-likeness (QED) is 0.777. The van der Waals surface area contributed by atoms with Gasteiger partial charge in [0.1, 0.15) is 12.4 Å². The zero-order chi connectivity index (χ0) is 14.5. The molecule has 0 bridgehead atoms. The van der Waals surface area contributed by atoms with Crippen LogP contribution in [0.5, 0.6) is 5.75 Å². The highest BCUT2D eigenvalue weighted by molar-refractivity contribution is 5.25. The molecule has 1 rings (SSSR count). The number of ether oxygens (including phenoxy) is 2. The van der Waals surface area contributed by atoms with Gasteiger partial charge in [-0.15, -0.1) is 0 Å². The maximum absolute atomic E-state index is 12.6. The standard InChI is InChI=1S/C11H14F4N2O2/c1-18-8-2-7(3-17-4-8)9(16)5-19-6-11(14,15)10(12)13/h2-4,9-10H,5-6,16H2,1H3. The monoisotopic (exact) mass is 282 g/mol. The fourth-order valence-electron chi connectivity index (χ4n) is 1.23. The van der Waals surface area contributed by atoms with Crippen LogP contribution in [0.3, 0.4) is 0 Å². The zero-order valence-corrected chi connectivity index (χ0v) is 10.2. The summed E-state index contributed by atoms with van der Waals surface area (Å²) in [4.78, 5) is 3.83. The summed E-state index contributed by atoms with van der Waals surface area (Å²) < 4.78 is 58.3. The molecular weight excluding hydrogens is 268 g/mol. The smallest absolute Gasteiger partial charge is 0.330 e. The Labute approximate surface area is 107 Å². The molecule has 108 valence electrons. The van der Waals surface area contributed by atoms with Crippen LogP contribution in [0.2, 0.25) is 0 Å². The summed E-state index contributed by atoms with van der Waals surface area (Å²) in [6, 6.07) is 0.808. The maximum Gasteiger partial charge on any atom is 0.330 e. The molecule has 1 atom stereocenters. The van der Waals surface area contributed by atoms with Crippen molar-refractivity contribution in [2.24, 2.45) is 5.73 Å². The first-order valence-electron chi connectivity index (χ1n) is 5.35. The molecule has 4 nitrogen and oxygen atoms in total. The van der Waals surface area contributed by atoms with Gasteiger partial charge >= 0.3 is 12.3 Å². The normalized spacial score (nSPS) is 13.6. The number of hydrogen-bond acceptors (Lipinski definition) is 4. The number of pyridine rings is 1. The van der Waals surface area contributed by atoms with E-state index >= 15 is 0 Å². The third-order valence-corrected chi connectivity index (χ3v) is 2.31. The Kier molecular flexibility index (Phi) is 5.49. The lowest BCUT2D eigenvalue weighted by Crippen LogP contribution is -2.33. The molecule has 0 saturated heterocycles. The number of nitrogens with two attached hydrogens (primary N) is 1. The molecule has 1 heterocycles. The summed E-state index contributed by atoms with van der Waals surface area (Å²) in [5, 5.41) is 0. The van der Waals surface area contributed by atoms with Crippen LogP contribution in [-0.4, -0.2) is 37.7 Å². The average molecular weight is 282 g/mol. The molecule has 0 spiro atoms. The highest BCUT2D eigenvalue weighted by Crippen LogP contribution is 2.23. The van der Waals surface area contributed by atoms with Gasteiger partial charge in [-0.3, -0.25) is 4.98 Å². The summed E-state index contributed by atoms with van der Waals surface area (Å²) in [7, 11) is 1.44. The van der Waals surface area contributed by atoms with Gasteiger partial charge < -0.3 is 15.2 Å². The third-order valence-electron chi connectivity index (χ3n) is 2.31. The van der Waals surface area contributed by atoms with Crippen molar-refractivity contribution in [2.75, 3.05) is 20.3 Å². The summed E-state index contributed by atoms with van der Waals surface area (Å²) in [6.07, 6.45) is -0.897. The molecule has 1 aromatic rings. The van der Waals surface area contributed by atoms with Gasteiger partial charge in [0.15, 0.2) is 0 Å². The fourth-order valence-corrected chi connectivity index (χ4v) is 1.23. The topological polar surface area (TPSA) is 57.4 Å². The number of alkyl halides is 4. The van der Waals surface area contributed by atoms with E-state index in [1.54, 1.807) is 6.07 Å². The van der Waals surface area contributed by atoms with Gasteiger partial charge in [-0.2, -0.15) is 8.78 Å². The SMILES string of the molecule is COc1cncc(C(N)COCC(F)(F)C(F)F)c1. The predicted molar refractivity (Wildman–Crippen MR) is 59.5 cm³/mol. The van der Waals surface area contributed by atoms with Crippen LogP contribution in [0.1, 0.15) is 11.6 Å². The van der Waals surface area contributed by atoms with E-state index in [1.807, 2.05) is 0 Å². The third kappa shape index (κ3) is 4.64. The molecule has 0 aliphatic rings. The number of hydrogen-bond donors (Lipinski definition) is 1. The molecule has 1 aromatic heterocycles. The van der Waals surface area contributed by atoms with E-state index in [9.17, 15) is 17.6 Å². The van der Waals surface area contributed by atoms with Crippen LogP contribution >= 0.6 is 0 Å². The second-order valence-electron chi connectivity index (χ2n) is 3.84. The Bertz CT molecular complexity index is 404. The first-order chi connectivity index (χ1) is 8.86. The minimum atomic E-state index is -4.17. The van der Waals surface area contributed by atoms with Crippen molar-refractivity contribution in [1.82, 2.24) is 4.98 Å². The second-order valence-corrected chi connectivity index (χ2v) is 3.84. The summed E-state index contributed by atoms with van der Waals surface area (Å²) >= 11 is 0. The molecule has 0 aliphatic carbocycles. The summed E-state index contributed by atoms with van der Waals surface area (Å²) in [5.74, 6) is -3.72. The first kappa shape index (κ1) is 15.6. The van der Waals surface area contributed by atoms with Crippen molar-refractivity contribution in [2.45, 2.75) is 18.4 Å². The molecule has 8 heteroatoms. The van der Waals surface area contributed by atoms with Crippen molar-refractivity contribution in [3.63, 3.8) is 0 Å². The van der Waals surface area contributed by atoms with Gasteiger partial charge in [0.25, 0.3) is 0 Å². The lowest BCUT2D eigenvalue weighted by molar-refractivity contribution is -0.166. The number of halogens is 4. The Morgan fingerprint density at radius 1 is 1.37 bits per heavy atom. The van der Waals surface area contributed by atoms with Crippen molar-refractivity contribution in [1.29, 1.82) is 0 Å². The summed E-state index contributed by atoms with van der Waals surface area (Å²) in [6.45, 7) is -1.70. The van der Waals surface area contributed by atoms with Gasteiger partial charge in [0.2, 0.25) is 0 Å². The Balaban J connectivity index is 2.49. The fraction of sp³-hybridized carbons (Fsp3) is 0.545. The number of methoxy groups -OCH3 is 1. The molecule has 19 heavy (non-hydrogen) atoms. The number of aromatic nitrogens is 1. The number of rotatable bonds is 7. The van der Waals surface area contributed by atoms with Crippen molar-refractivity contribution < 1.29 is 27.0 Å². The minimum absolute atomic E-state index is 0.322. The van der Waals surface area contributed by atoms with Gasteiger partial charge in [-0.05, 0) is 11.6 Å². The highest BCUT2D eigenvalue weighted by atomic mass is 19.3. The minimum Gasteiger partial charge on any atom is -0.495 e. The molecule has 0 aromatic carbocycles. The Hall–Kier alpha value is -1.41. The van der Waals surface area contributed by atoms with E-state index < -0.39 is 25.0 Å². The summed E-state index contributed by atoms with van der Waals surface area (Å²) in [5.41, 5.74) is 6.17. The molecule has 0 fully saturated rings. The molecule has 2 N–H and O–H groups in total. The van der Waals surface area contributed by atoms with Gasteiger partial charge in [0.05, 0.1) is 26.0 Å². The van der Waals surface area contributed by atoms with Crippen molar-refractivity contribution in [3.8, 4) is 5.75 Å². The van der Waals surface area contributed by atoms with Crippen LogP contribution in [0.4, 0.5) is 17.6 Å². The van der Waals surface area contributed by atoms with Gasteiger partial charge in [-0.25, -0.2) is 8.78 Å². The number of nitrogens with zero attached hydrogens (tertiary/aromatic N) is 1. The second kappa shape index (κ2) is 6.67. The van der Waals surface area contributed by atoms with Crippen LogP contribution in [0.15, 0.2) is 18.5 Å². The van der Waals surface area contributed by atoms with Crippen LogP contribution in [0.25, 0.3) is 0 Å². The maximum atomic E-state index is 12.6. The predicted octanol–water partition coefficient (Wildman–Crippen LogP) is 2.01. The van der Waals surface area contributed by atoms with Gasteiger partial charge in [0, 0.05) is 6.20 Å². The van der Waals surface area contributed by atoms with Crippen molar-refractivity contribution in [3.05, 3.63) is 24.0 Å². The molecule has 1 unspecified atom stereocenters. The molecule has 0 aliphatic heterocycles. The van der Waals surface area contributed by atoms with E-state index in [2.05, 4.69) is 9.72 Å². The van der Waals surface area contributed by atoms with Crippen molar-refractivity contribution >= 4 is 0 Å². The molecule has 0 saturated carbocycles. The zero-order valence-electron chi connectivity index (χ0n) is 10.2. The largest absolute Gasteiger partial charge is 0.495 e. The van der Waals surface area contributed by atoms with Crippen LogP contribution in [0, 0.1) is 0 Å². The van der Waals surface area contributed by atoms with Crippen LogP contribution in [-0.2, 0) is 4.74 Å². The lowest BCUT2D eigenvalue weighted by atomic mass is 10.1. The highest BCUT2D eigenvalue weighted by Gasteiger charge is 2.41. The average Bonchev–Trinajstić information content (AvgIpc) is 2.38. The van der Waals surface area contributed by atoms with E-state index in [1.165, 1.54) is 19.5 Å². The lowest BCUT2D eigenvalue weighted by Gasteiger charge is -2.17. The Morgan fingerprint density at radius 3 is 2.63 bits per heavy atom. The van der Waals surface area contributed by atoms with E-state index in [-0.39, 0.29) is 6.61 Å². The van der Waals surface area contributed by atoms with E-state index in [0.717, 1.165) is 0 Å². The van der Waals surface area contributed by atoms with Gasteiger partial charge in [-0.1, -0.05) is 0 Å². The molecule has 0 amide bonds.